The lowest BCUT2D eigenvalue weighted by Crippen LogP contribution is -2.14. The van der Waals surface area contributed by atoms with E-state index in [1.807, 2.05) is 109 Å². The molecule has 0 unspecified atom stereocenters. The molecule has 0 saturated carbocycles. The number of rotatable bonds is 10. The second kappa shape index (κ2) is 17.2. The van der Waals surface area contributed by atoms with Crippen molar-refractivity contribution in [3.63, 3.8) is 0 Å². The molecule has 4 heteroatoms. The van der Waals surface area contributed by atoms with Crippen LogP contribution >= 0.6 is 0 Å². The maximum atomic E-state index is 18.1. The van der Waals surface area contributed by atoms with Crippen LogP contribution < -0.4 is 9.80 Å². The molecule has 0 bridgehead atoms. The molecule has 0 saturated heterocycles. The van der Waals surface area contributed by atoms with Crippen molar-refractivity contribution in [1.29, 1.82) is 0 Å². The lowest BCUT2D eigenvalue weighted by atomic mass is 9.91. The van der Waals surface area contributed by atoms with Crippen molar-refractivity contribution in [1.82, 2.24) is 0 Å². The van der Waals surface area contributed by atoms with Crippen molar-refractivity contribution in [2.75, 3.05) is 9.80 Å². The highest BCUT2D eigenvalue weighted by Gasteiger charge is 2.27. The average Bonchev–Trinajstić information content (AvgIpc) is 3.58. The van der Waals surface area contributed by atoms with Gasteiger partial charge in [0.25, 0.3) is 0 Å². The van der Waals surface area contributed by atoms with Crippen LogP contribution in [0.4, 0.5) is 42.9 Å². The van der Waals surface area contributed by atoms with Gasteiger partial charge in [0.1, 0.15) is 0 Å². The number of para-hydroxylation sites is 2. The Balaban J connectivity index is 1.19. The molecular formula is C64H42F2N2. The first kappa shape index (κ1) is 31.1. The predicted molar refractivity (Wildman–Crippen MR) is 281 cm³/mol. The van der Waals surface area contributed by atoms with Crippen molar-refractivity contribution in [3.8, 4) is 44.5 Å². The summed E-state index contributed by atoms with van der Waals surface area (Å²) in [6.45, 7) is 0. The van der Waals surface area contributed by atoms with Gasteiger partial charge in [-0.05, 0) is 115 Å². The molecule has 12 aromatic rings. The Hall–Kier alpha value is -8.86. The molecule has 12 rings (SSSR count). The fraction of sp³-hybridized carbons (Fsp3) is 0. The Kier molecular flexibility index (Phi) is 7.86. The highest BCUT2D eigenvalue weighted by molar-refractivity contribution is 6.28. The van der Waals surface area contributed by atoms with Gasteiger partial charge >= 0.3 is 0 Å². The minimum absolute atomic E-state index is 0.0974. The van der Waals surface area contributed by atoms with E-state index in [0.717, 1.165) is 11.1 Å². The maximum absolute atomic E-state index is 18.1. The SMILES string of the molecule is [2H]c1c([2H])c([2H])c(N(c2cc(-c3ccccc3)cc(-c3ccccc3)c2F)c2ccc3ccc4c(N(c5cc(-c6ccccc6)cc(-c6ccccc6)c5F)c5c([2H])c([2H])c([2H])c([2H])c5[2H])ccc5ccc2c3c54)c([2H])c1[2H]. The summed E-state index contributed by atoms with van der Waals surface area (Å²) in [5.41, 5.74) is 3.92. The summed E-state index contributed by atoms with van der Waals surface area (Å²) in [6, 6.07) is 51.8. The molecule has 0 fully saturated rings. The van der Waals surface area contributed by atoms with Crippen LogP contribution in [0, 0.1) is 11.6 Å². The molecule has 322 valence electrons. The number of anilines is 6. The van der Waals surface area contributed by atoms with Gasteiger partial charge in [-0.2, -0.15) is 0 Å². The molecule has 2 nitrogen and oxygen atoms in total. The molecular weight excluding hydrogens is 835 g/mol. The first-order valence-corrected chi connectivity index (χ1v) is 22.1. The zero-order chi connectivity index (χ0) is 54.3. The molecule has 0 spiro atoms. The second-order valence-corrected chi connectivity index (χ2v) is 16.4. The van der Waals surface area contributed by atoms with E-state index >= 15 is 8.78 Å². The molecule has 0 aliphatic heterocycles. The molecule has 0 aliphatic rings. The topological polar surface area (TPSA) is 6.48 Å². The third-order valence-electron chi connectivity index (χ3n) is 12.5. The largest absolute Gasteiger partial charge is 0.307 e. The molecule has 0 radical (unpaired) electrons. The van der Waals surface area contributed by atoms with Gasteiger partial charge in [-0.25, -0.2) is 8.78 Å². The molecule has 12 aromatic carbocycles. The van der Waals surface area contributed by atoms with Gasteiger partial charge < -0.3 is 9.80 Å². The Labute approximate surface area is 408 Å². The van der Waals surface area contributed by atoms with Gasteiger partial charge in [-0.3, -0.25) is 0 Å². The second-order valence-electron chi connectivity index (χ2n) is 16.4. The summed E-state index contributed by atoms with van der Waals surface area (Å²) in [4.78, 5) is 2.80. The van der Waals surface area contributed by atoms with Crippen LogP contribution in [0.25, 0.3) is 76.8 Å². The van der Waals surface area contributed by atoms with E-state index in [1.54, 1.807) is 84.9 Å². The first-order valence-electron chi connectivity index (χ1n) is 27.1. The van der Waals surface area contributed by atoms with Gasteiger partial charge in [-0.15, -0.1) is 0 Å². The average molecular weight is 887 g/mol. The fourth-order valence-electron chi connectivity index (χ4n) is 9.41. The lowest BCUT2D eigenvalue weighted by molar-refractivity contribution is 0.632. The van der Waals surface area contributed by atoms with Gasteiger partial charge in [0.2, 0.25) is 0 Å². The lowest BCUT2D eigenvalue weighted by Gasteiger charge is -2.30. The third-order valence-corrected chi connectivity index (χ3v) is 12.5. The minimum atomic E-state index is -0.718. The zero-order valence-corrected chi connectivity index (χ0v) is 36.1. The zero-order valence-electron chi connectivity index (χ0n) is 46.1. The van der Waals surface area contributed by atoms with Crippen molar-refractivity contribution < 1.29 is 22.5 Å². The number of benzene rings is 12. The van der Waals surface area contributed by atoms with E-state index in [9.17, 15) is 5.48 Å². The number of nitrogens with zero attached hydrogens (tertiary/aromatic N) is 2. The smallest absolute Gasteiger partial charge is 0.155 e. The monoisotopic (exact) mass is 886 g/mol. The summed E-state index contributed by atoms with van der Waals surface area (Å²) < 4.78 is 127. The van der Waals surface area contributed by atoms with Crippen LogP contribution in [0.2, 0.25) is 0 Å². The summed E-state index contributed by atoms with van der Waals surface area (Å²) >= 11 is 0. The molecule has 0 heterocycles. The summed E-state index contributed by atoms with van der Waals surface area (Å²) in [5, 5.41) is 3.58. The number of hydrogen-bond acceptors (Lipinski definition) is 2. The van der Waals surface area contributed by atoms with Crippen LogP contribution in [-0.4, -0.2) is 0 Å². The van der Waals surface area contributed by atoms with Gasteiger partial charge in [0.05, 0.1) is 36.5 Å². The molecule has 0 N–H and O–H groups in total. The van der Waals surface area contributed by atoms with Gasteiger partial charge in [0, 0.05) is 33.3 Å². The molecule has 0 amide bonds. The maximum Gasteiger partial charge on any atom is 0.155 e. The number of hydrogen-bond donors (Lipinski definition) is 0. The predicted octanol–water partition coefficient (Wildman–Crippen LogP) is 18.5. The Bertz CT molecular complexity index is 4020. The van der Waals surface area contributed by atoms with E-state index in [2.05, 4.69) is 0 Å². The Morgan fingerprint density at radius 3 is 1.01 bits per heavy atom. The number of halogens is 2. The van der Waals surface area contributed by atoms with Crippen molar-refractivity contribution in [2.24, 2.45) is 0 Å². The molecule has 0 aromatic heterocycles. The highest BCUT2D eigenvalue weighted by atomic mass is 19.1. The van der Waals surface area contributed by atoms with Crippen molar-refractivity contribution in [3.05, 3.63) is 266 Å². The first-order chi connectivity index (χ1) is 37.7. The van der Waals surface area contributed by atoms with Gasteiger partial charge in [0.15, 0.2) is 11.6 Å². The van der Waals surface area contributed by atoms with E-state index in [4.69, 9.17) is 8.22 Å². The van der Waals surface area contributed by atoms with Crippen LogP contribution in [-0.2, 0) is 0 Å². The van der Waals surface area contributed by atoms with Crippen molar-refractivity contribution in [2.45, 2.75) is 0 Å². The van der Waals surface area contributed by atoms with Crippen molar-refractivity contribution >= 4 is 66.4 Å². The van der Waals surface area contributed by atoms with Crippen LogP contribution in [0.5, 0.6) is 0 Å². The van der Waals surface area contributed by atoms with Crippen LogP contribution in [0.3, 0.4) is 0 Å². The Morgan fingerprint density at radius 1 is 0.309 bits per heavy atom. The molecule has 0 atom stereocenters. The van der Waals surface area contributed by atoms with Crippen LogP contribution in [0.1, 0.15) is 13.7 Å². The summed E-state index contributed by atoms with van der Waals surface area (Å²) in [6.07, 6.45) is 0. The standard InChI is InChI=1S/C64H42F2N2/c65-63-55(45-23-11-3-12-24-45)39-49(43-19-7-1-8-20-43)41-59(63)67(51-27-15-5-16-28-51)57-37-33-47-32-36-54-58(38-34-48-31-35-53(57)61(47)62(48)54)68(52-29-17-6-18-30-52)60-42-50(44-21-9-2-10-22-44)40-56(64(60)66)46-25-13-4-14-26-46/h1-42H/i5D,6D,15D,16D,17D,18D,27D,28D,29D,30D. The third kappa shape index (κ3) is 7.11. The fourth-order valence-corrected chi connectivity index (χ4v) is 9.41. The van der Waals surface area contributed by atoms with Gasteiger partial charge in [-0.1, -0.05) is 194 Å². The molecule has 68 heavy (non-hydrogen) atoms. The minimum Gasteiger partial charge on any atom is -0.307 e. The van der Waals surface area contributed by atoms with E-state index in [0.29, 0.717) is 54.6 Å². The molecule has 0 aliphatic carbocycles. The highest BCUT2D eigenvalue weighted by Crippen LogP contribution is 2.50. The Morgan fingerprint density at radius 2 is 0.647 bits per heavy atom. The van der Waals surface area contributed by atoms with Crippen LogP contribution in [0.15, 0.2) is 255 Å². The van der Waals surface area contributed by atoms with E-state index < -0.39 is 72.1 Å². The normalized spacial score (nSPS) is 13.4. The van der Waals surface area contributed by atoms with E-state index in [-0.39, 0.29) is 45.3 Å². The quantitative estimate of drug-likeness (QED) is 0.126. The van der Waals surface area contributed by atoms with E-state index in [1.165, 1.54) is 9.80 Å². The summed E-state index contributed by atoms with van der Waals surface area (Å²) in [7, 11) is 0. The summed E-state index contributed by atoms with van der Waals surface area (Å²) in [5.74, 6) is -1.44.